The lowest BCUT2D eigenvalue weighted by molar-refractivity contribution is -0.121. The maximum absolute atomic E-state index is 11.8. The number of carbonyl (C=O) groups is 1. The summed E-state index contributed by atoms with van der Waals surface area (Å²) in [4.78, 5) is 15.8. The molecular weight excluding hydrogens is 435 g/mol. The van der Waals surface area contributed by atoms with Gasteiger partial charge in [0.2, 0.25) is 5.91 Å². The molecule has 1 aromatic rings. The third-order valence-corrected chi connectivity index (χ3v) is 2.73. The molecule has 142 valence electrons. The highest BCUT2D eigenvalue weighted by atomic mass is 127. The molecular formula is C17H29IN4O3. The van der Waals surface area contributed by atoms with Gasteiger partial charge in [-0.05, 0) is 46.8 Å². The molecule has 0 heterocycles. The van der Waals surface area contributed by atoms with Gasteiger partial charge in [-0.2, -0.15) is 0 Å². The number of nitrogens with zero attached hydrogens (tertiary/aromatic N) is 1. The van der Waals surface area contributed by atoms with Crippen molar-refractivity contribution in [1.29, 1.82) is 0 Å². The summed E-state index contributed by atoms with van der Waals surface area (Å²) in [6.45, 7) is 10.6. The number of nitrogens with two attached hydrogens (primary N) is 1. The Balaban J connectivity index is 0.00000576. The van der Waals surface area contributed by atoms with Crippen molar-refractivity contribution in [3.63, 3.8) is 0 Å². The molecule has 4 N–H and O–H groups in total. The summed E-state index contributed by atoms with van der Waals surface area (Å²) in [5.74, 6) is 1.27. The van der Waals surface area contributed by atoms with E-state index in [1.165, 1.54) is 0 Å². The lowest BCUT2D eigenvalue weighted by Crippen LogP contribution is -2.42. The minimum Gasteiger partial charge on any atom is -0.494 e. The molecule has 0 atom stereocenters. The van der Waals surface area contributed by atoms with Crippen molar-refractivity contribution in [2.75, 3.05) is 25.1 Å². The fourth-order valence-electron chi connectivity index (χ4n) is 1.94. The van der Waals surface area contributed by atoms with Gasteiger partial charge in [0.15, 0.2) is 5.96 Å². The minimum absolute atomic E-state index is 0. The van der Waals surface area contributed by atoms with Gasteiger partial charge < -0.3 is 25.8 Å². The van der Waals surface area contributed by atoms with Crippen LogP contribution in [0, 0.1) is 0 Å². The Labute approximate surface area is 166 Å². The van der Waals surface area contributed by atoms with E-state index >= 15 is 0 Å². The number of hydrogen-bond donors (Lipinski definition) is 3. The molecule has 7 nitrogen and oxygen atoms in total. The summed E-state index contributed by atoms with van der Waals surface area (Å²) >= 11 is 0. The number of benzene rings is 1. The van der Waals surface area contributed by atoms with Gasteiger partial charge in [0.05, 0.1) is 18.9 Å². The zero-order valence-corrected chi connectivity index (χ0v) is 17.8. The summed E-state index contributed by atoms with van der Waals surface area (Å²) in [6.07, 6.45) is 0. The van der Waals surface area contributed by atoms with Crippen LogP contribution in [0.4, 0.5) is 5.69 Å². The molecule has 0 unspecified atom stereocenters. The Morgan fingerprint density at radius 3 is 2.40 bits per heavy atom. The van der Waals surface area contributed by atoms with Crippen LogP contribution in [0.1, 0.15) is 34.6 Å². The van der Waals surface area contributed by atoms with E-state index in [-0.39, 0.29) is 47.9 Å². The third kappa shape index (κ3) is 9.37. The van der Waals surface area contributed by atoms with Crippen LogP contribution in [0.2, 0.25) is 0 Å². The van der Waals surface area contributed by atoms with Crippen molar-refractivity contribution in [1.82, 2.24) is 5.32 Å². The number of aliphatic imine (C=N–C) groups is 1. The number of amides is 1. The standard InChI is InChI=1S/C17H28N4O3.HI/c1-6-23-12-8-9-14(24-7-2)13(10-12)20-16(18)19-11-15(22)21-17(3,4)5;/h8-10H,6-7,11H2,1-5H3,(H,21,22)(H3,18,19,20);1H. The predicted octanol–water partition coefficient (Wildman–Crippen LogP) is 2.74. The molecule has 1 amide bonds. The van der Waals surface area contributed by atoms with Crippen molar-refractivity contribution >= 4 is 41.5 Å². The van der Waals surface area contributed by atoms with Gasteiger partial charge in [-0.3, -0.25) is 4.79 Å². The van der Waals surface area contributed by atoms with Crippen LogP contribution < -0.4 is 25.8 Å². The maximum atomic E-state index is 11.8. The number of hydrogen-bond acceptors (Lipinski definition) is 4. The summed E-state index contributed by atoms with van der Waals surface area (Å²) < 4.78 is 11.0. The van der Waals surface area contributed by atoms with Crippen molar-refractivity contribution in [2.45, 2.75) is 40.2 Å². The number of halogens is 1. The predicted molar refractivity (Wildman–Crippen MR) is 112 cm³/mol. The molecule has 0 aliphatic carbocycles. The van der Waals surface area contributed by atoms with Gasteiger partial charge in [-0.25, -0.2) is 4.99 Å². The summed E-state index contributed by atoms with van der Waals surface area (Å²) in [6, 6.07) is 5.41. The Hall–Kier alpha value is -1.71. The highest BCUT2D eigenvalue weighted by molar-refractivity contribution is 14.0. The fraction of sp³-hybridized carbons (Fsp3) is 0.529. The largest absolute Gasteiger partial charge is 0.494 e. The van der Waals surface area contributed by atoms with Crippen LogP contribution in [0.15, 0.2) is 23.2 Å². The van der Waals surface area contributed by atoms with Crippen LogP contribution in [-0.2, 0) is 4.79 Å². The molecule has 0 bridgehead atoms. The van der Waals surface area contributed by atoms with E-state index in [0.29, 0.717) is 30.4 Å². The van der Waals surface area contributed by atoms with Crippen molar-refractivity contribution in [3.05, 3.63) is 18.2 Å². The summed E-state index contributed by atoms with van der Waals surface area (Å²) in [5, 5.41) is 5.78. The summed E-state index contributed by atoms with van der Waals surface area (Å²) in [7, 11) is 0. The van der Waals surface area contributed by atoms with E-state index in [9.17, 15) is 4.79 Å². The fourth-order valence-corrected chi connectivity index (χ4v) is 1.94. The topological polar surface area (TPSA) is 98.0 Å². The molecule has 0 radical (unpaired) electrons. The van der Waals surface area contributed by atoms with Crippen molar-refractivity contribution < 1.29 is 14.3 Å². The Bertz CT molecular complexity index is 586. The number of ether oxygens (including phenoxy) is 2. The van der Waals surface area contributed by atoms with Crippen molar-refractivity contribution in [3.8, 4) is 11.5 Å². The van der Waals surface area contributed by atoms with E-state index in [2.05, 4.69) is 15.6 Å². The van der Waals surface area contributed by atoms with Crippen LogP contribution in [0.5, 0.6) is 11.5 Å². The van der Waals surface area contributed by atoms with Crippen LogP contribution in [0.25, 0.3) is 0 Å². The lowest BCUT2D eigenvalue weighted by Gasteiger charge is -2.19. The van der Waals surface area contributed by atoms with Gasteiger partial charge in [0, 0.05) is 11.6 Å². The normalized spacial score (nSPS) is 11.3. The highest BCUT2D eigenvalue weighted by Gasteiger charge is 2.13. The van der Waals surface area contributed by atoms with Gasteiger partial charge >= 0.3 is 0 Å². The Kier molecular flexibility index (Phi) is 10.3. The Morgan fingerprint density at radius 2 is 1.84 bits per heavy atom. The Morgan fingerprint density at radius 1 is 1.20 bits per heavy atom. The monoisotopic (exact) mass is 464 g/mol. The van der Waals surface area contributed by atoms with E-state index in [1.807, 2.05) is 40.7 Å². The average Bonchev–Trinajstić information content (AvgIpc) is 2.46. The molecule has 25 heavy (non-hydrogen) atoms. The van der Waals surface area contributed by atoms with Gasteiger partial charge in [-0.1, -0.05) is 0 Å². The number of guanidine groups is 1. The number of carbonyl (C=O) groups excluding carboxylic acids is 1. The lowest BCUT2D eigenvalue weighted by atomic mass is 10.1. The quantitative estimate of drug-likeness (QED) is 0.328. The third-order valence-electron chi connectivity index (χ3n) is 2.73. The minimum atomic E-state index is -0.303. The van der Waals surface area contributed by atoms with Gasteiger partial charge in [-0.15, -0.1) is 24.0 Å². The molecule has 0 saturated carbocycles. The molecule has 0 aliphatic rings. The molecule has 0 aromatic heterocycles. The SMILES string of the molecule is CCOc1ccc(OCC)c(NC(N)=NCC(=O)NC(C)(C)C)c1.I. The van der Waals surface area contributed by atoms with Gasteiger partial charge in [0.25, 0.3) is 0 Å². The second-order valence-electron chi connectivity index (χ2n) is 6.15. The number of nitrogens with one attached hydrogen (secondary N) is 2. The summed E-state index contributed by atoms with van der Waals surface area (Å²) in [5.41, 5.74) is 6.21. The van der Waals surface area contributed by atoms with Crippen LogP contribution in [0.3, 0.4) is 0 Å². The zero-order valence-electron chi connectivity index (χ0n) is 15.5. The van der Waals surface area contributed by atoms with Crippen LogP contribution in [-0.4, -0.2) is 37.2 Å². The van der Waals surface area contributed by atoms with E-state index < -0.39 is 0 Å². The van der Waals surface area contributed by atoms with E-state index in [0.717, 1.165) is 0 Å². The molecule has 1 rings (SSSR count). The molecule has 1 aromatic carbocycles. The smallest absolute Gasteiger partial charge is 0.242 e. The maximum Gasteiger partial charge on any atom is 0.242 e. The molecule has 0 aliphatic heterocycles. The first-order valence-corrected chi connectivity index (χ1v) is 8.02. The highest BCUT2D eigenvalue weighted by Crippen LogP contribution is 2.29. The molecule has 8 heteroatoms. The molecule has 0 saturated heterocycles. The first-order valence-electron chi connectivity index (χ1n) is 8.02. The van der Waals surface area contributed by atoms with E-state index in [4.69, 9.17) is 15.2 Å². The first kappa shape index (κ1) is 23.3. The second kappa shape index (κ2) is 11.0. The number of anilines is 1. The van der Waals surface area contributed by atoms with E-state index in [1.54, 1.807) is 12.1 Å². The second-order valence-corrected chi connectivity index (χ2v) is 6.15. The van der Waals surface area contributed by atoms with Crippen molar-refractivity contribution in [2.24, 2.45) is 10.7 Å². The first-order chi connectivity index (χ1) is 11.2. The molecule has 0 spiro atoms. The van der Waals surface area contributed by atoms with Crippen LogP contribution >= 0.6 is 24.0 Å². The van der Waals surface area contributed by atoms with Gasteiger partial charge in [0.1, 0.15) is 18.0 Å². The zero-order chi connectivity index (χ0) is 18.2. The molecule has 0 fully saturated rings. The number of rotatable bonds is 7. The average molecular weight is 464 g/mol.